The maximum absolute atomic E-state index is 12.2. The van der Waals surface area contributed by atoms with Gasteiger partial charge in [0.1, 0.15) is 0 Å². The number of nitrogens with one attached hydrogen (secondary N) is 1. The summed E-state index contributed by atoms with van der Waals surface area (Å²) in [4.78, 5) is 9.88. The van der Waals surface area contributed by atoms with Crippen LogP contribution in [0.4, 0.5) is 5.69 Å². The normalized spacial score (nSPS) is 22.3. The van der Waals surface area contributed by atoms with Gasteiger partial charge in [-0.2, -0.15) is 0 Å². The van der Waals surface area contributed by atoms with Crippen LogP contribution in [0.3, 0.4) is 0 Å². The van der Waals surface area contributed by atoms with E-state index in [2.05, 4.69) is 20.7 Å². The molecule has 1 fully saturated rings. The fourth-order valence-electron chi connectivity index (χ4n) is 1.99. The second-order valence-electron chi connectivity index (χ2n) is 4.52. The average molecular weight is 365 g/mol. The molecule has 20 heavy (non-hydrogen) atoms. The Morgan fingerprint density at radius 3 is 2.65 bits per heavy atom. The van der Waals surface area contributed by atoms with Gasteiger partial charge in [-0.05, 0) is 25.0 Å². The molecule has 0 radical (unpaired) electrons. The van der Waals surface area contributed by atoms with Gasteiger partial charge >= 0.3 is 0 Å². The number of benzene rings is 1. The van der Waals surface area contributed by atoms with Crippen molar-refractivity contribution in [1.29, 1.82) is 0 Å². The van der Waals surface area contributed by atoms with Gasteiger partial charge in [-0.15, -0.1) is 0 Å². The van der Waals surface area contributed by atoms with Crippen LogP contribution in [-0.2, 0) is 14.8 Å². The topological polar surface area (TPSA) is 98.5 Å². The van der Waals surface area contributed by atoms with Crippen LogP contribution in [-0.4, -0.2) is 32.6 Å². The van der Waals surface area contributed by atoms with Crippen molar-refractivity contribution in [3.8, 4) is 0 Å². The first-order valence-electron chi connectivity index (χ1n) is 5.82. The smallest absolute Gasteiger partial charge is 0.289 e. The van der Waals surface area contributed by atoms with Crippen molar-refractivity contribution < 1.29 is 18.1 Å². The largest absolute Gasteiger partial charge is 0.381 e. The van der Waals surface area contributed by atoms with Crippen LogP contribution < -0.4 is 4.72 Å². The molecule has 0 spiro atoms. The van der Waals surface area contributed by atoms with Gasteiger partial charge in [0.25, 0.3) is 5.69 Å². The molecule has 1 aliphatic carbocycles. The highest BCUT2D eigenvalue weighted by Gasteiger charge is 2.35. The van der Waals surface area contributed by atoms with Gasteiger partial charge in [0.15, 0.2) is 4.90 Å². The first kappa shape index (κ1) is 15.4. The van der Waals surface area contributed by atoms with Crippen molar-refractivity contribution in [2.75, 3.05) is 7.11 Å². The van der Waals surface area contributed by atoms with Crippen LogP contribution in [0.5, 0.6) is 0 Å². The summed E-state index contributed by atoms with van der Waals surface area (Å²) in [5, 5.41) is 10.9. The molecular formula is C11H13BrN2O5S. The van der Waals surface area contributed by atoms with E-state index < -0.39 is 20.6 Å². The van der Waals surface area contributed by atoms with Crippen molar-refractivity contribution in [2.45, 2.75) is 29.9 Å². The standard InChI is InChI=1S/C11H13BrN2O5S/c1-19-9-5-8(6-9)13-20(17,18)11-4-7(12)2-3-10(11)14(15)16/h2-4,8-9,13H,5-6H2,1H3. The van der Waals surface area contributed by atoms with Gasteiger partial charge in [-0.25, -0.2) is 13.1 Å². The van der Waals surface area contributed by atoms with E-state index in [-0.39, 0.29) is 17.0 Å². The van der Waals surface area contributed by atoms with E-state index in [0.717, 1.165) is 6.07 Å². The highest BCUT2D eigenvalue weighted by Crippen LogP contribution is 2.29. The summed E-state index contributed by atoms with van der Waals surface area (Å²) in [6, 6.07) is 3.58. The van der Waals surface area contributed by atoms with Crippen LogP contribution in [0.15, 0.2) is 27.6 Å². The third-order valence-corrected chi connectivity index (χ3v) is 5.20. The zero-order valence-electron chi connectivity index (χ0n) is 10.6. The maximum atomic E-state index is 12.2. The van der Waals surface area contributed by atoms with Crippen molar-refractivity contribution in [2.24, 2.45) is 0 Å². The summed E-state index contributed by atoms with van der Waals surface area (Å²) in [7, 11) is -2.36. The molecule has 0 bridgehead atoms. The Bertz CT molecular complexity index is 628. The number of halogens is 1. The number of nitrogens with zero attached hydrogens (tertiary/aromatic N) is 1. The van der Waals surface area contributed by atoms with E-state index in [0.29, 0.717) is 17.3 Å². The Morgan fingerprint density at radius 2 is 2.10 bits per heavy atom. The minimum absolute atomic E-state index is 0.0418. The first-order valence-corrected chi connectivity index (χ1v) is 8.10. The number of ether oxygens (including phenoxy) is 1. The number of hydrogen-bond donors (Lipinski definition) is 1. The minimum atomic E-state index is -3.93. The summed E-state index contributed by atoms with van der Waals surface area (Å²) >= 11 is 3.12. The predicted molar refractivity (Wildman–Crippen MR) is 74.9 cm³/mol. The highest BCUT2D eigenvalue weighted by molar-refractivity contribution is 9.10. The summed E-state index contributed by atoms with van der Waals surface area (Å²) < 4.78 is 32.5. The van der Waals surface area contributed by atoms with Gasteiger partial charge in [-0.3, -0.25) is 10.1 Å². The molecule has 9 heteroatoms. The molecule has 1 saturated carbocycles. The van der Waals surface area contributed by atoms with E-state index in [1.807, 2.05) is 0 Å². The number of hydrogen-bond acceptors (Lipinski definition) is 5. The maximum Gasteiger partial charge on any atom is 0.289 e. The van der Waals surface area contributed by atoms with Crippen molar-refractivity contribution in [3.05, 3.63) is 32.8 Å². The SMILES string of the molecule is COC1CC(NS(=O)(=O)c2cc(Br)ccc2[N+](=O)[O-])C1. The van der Waals surface area contributed by atoms with Crippen molar-refractivity contribution >= 4 is 31.6 Å². The van der Waals surface area contributed by atoms with Crippen molar-refractivity contribution in [1.82, 2.24) is 4.72 Å². The molecule has 1 aromatic carbocycles. The molecule has 0 aromatic heterocycles. The third-order valence-electron chi connectivity index (χ3n) is 3.16. The molecule has 1 aliphatic rings. The van der Waals surface area contributed by atoms with Gasteiger partial charge in [0.05, 0.1) is 11.0 Å². The second kappa shape index (κ2) is 5.76. The molecule has 0 aliphatic heterocycles. The van der Waals surface area contributed by atoms with E-state index in [9.17, 15) is 18.5 Å². The Kier molecular flexibility index (Phi) is 4.43. The Morgan fingerprint density at radius 1 is 1.45 bits per heavy atom. The Balaban J connectivity index is 2.25. The summed E-state index contributed by atoms with van der Waals surface area (Å²) in [6.07, 6.45) is 1.18. The molecule has 0 saturated heterocycles. The molecule has 2 rings (SSSR count). The molecule has 110 valence electrons. The number of sulfonamides is 1. The number of nitro benzene ring substituents is 1. The lowest BCUT2D eigenvalue weighted by Crippen LogP contribution is -2.47. The van der Waals surface area contributed by atoms with Crippen LogP contribution >= 0.6 is 15.9 Å². The molecule has 0 amide bonds. The van der Waals surface area contributed by atoms with Gasteiger partial charge in [0, 0.05) is 23.7 Å². The first-order chi connectivity index (χ1) is 9.33. The fraction of sp³-hybridized carbons (Fsp3) is 0.455. The summed E-state index contributed by atoms with van der Waals surface area (Å²) in [6.45, 7) is 0. The van der Waals surface area contributed by atoms with Gasteiger partial charge in [-0.1, -0.05) is 15.9 Å². The average Bonchev–Trinajstić information content (AvgIpc) is 2.32. The lowest BCUT2D eigenvalue weighted by molar-refractivity contribution is -0.387. The number of methoxy groups -OCH3 is 1. The number of nitro groups is 1. The molecule has 7 nitrogen and oxygen atoms in total. The van der Waals surface area contributed by atoms with E-state index >= 15 is 0 Å². The lowest BCUT2D eigenvalue weighted by atomic mass is 9.90. The summed E-state index contributed by atoms with van der Waals surface area (Å²) in [5.74, 6) is 0. The molecule has 0 atom stereocenters. The van der Waals surface area contributed by atoms with Crippen LogP contribution in [0.1, 0.15) is 12.8 Å². The second-order valence-corrected chi connectivity index (χ2v) is 7.11. The molecule has 1 N–H and O–H groups in total. The minimum Gasteiger partial charge on any atom is -0.381 e. The van der Waals surface area contributed by atoms with Crippen LogP contribution in [0.25, 0.3) is 0 Å². The van der Waals surface area contributed by atoms with E-state index in [1.54, 1.807) is 7.11 Å². The fourth-order valence-corrected chi connectivity index (χ4v) is 3.96. The van der Waals surface area contributed by atoms with Crippen LogP contribution in [0.2, 0.25) is 0 Å². The number of rotatable bonds is 5. The van der Waals surface area contributed by atoms with E-state index in [1.165, 1.54) is 12.1 Å². The predicted octanol–water partition coefficient (Wildman–Crippen LogP) is 1.81. The quantitative estimate of drug-likeness (QED) is 0.634. The molecule has 1 aromatic rings. The van der Waals surface area contributed by atoms with Crippen LogP contribution in [0, 0.1) is 10.1 Å². The third kappa shape index (κ3) is 3.17. The summed E-state index contributed by atoms with van der Waals surface area (Å²) in [5.41, 5.74) is -0.441. The van der Waals surface area contributed by atoms with Crippen molar-refractivity contribution in [3.63, 3.8) is 0 Å². The Labute approximate surface area is 124 Å². The zero-order chi connectivity index (χ0) is 14.9. The van der Waals surface area contributed by atoms with Gasteiger partial charge in [0.2, 0.25) is 10.0 Å². The monoisotopic (exact) mass is 364 g/mol. The van der Waals surface area contributed by atoms with E-state index in [4.69, 9.17) is 4.74 Å². The molecule has 0 unspecified atom stereocenters. The molecule has 0 heterocycles. The molecular weight excluding hydrogens is 352 g/mol. The highest BCUT2D eigenvalue weighted by atomic mass is 79.9. The Hall–Kier alpha value is -1.03. The lowest BCUT2D eigenvalue weighted by Gasteiger charge is -2.34. The van der Waals surface area contributed by atoms with Gasteiger partial charge < -0.3 is 4.74 Å². The zero-order valence-corrected chi connectivity index (χ0v) is 13.0.